The molecule has 0 bridgehead atoms. The Kier molecular flexibility index (Phi) is 4.14. The molecule has 1 aromatic carbocycles. The summed E-state index contributed by atoms with van der Waals surface area (Å²) in [7, 11) is 0. The Labute approximate surface area is 119 Å². The van der Waals surface area contributed by atoms with E-state index in [1.54, 1.807) is 0 Å². The summed E-state index contributed by atoms with van der Waals surface area (Å²) in [5.41, 5.74) is 0.823. The summed E-state index contributed by atoms with van der Waals surface area (Å²) in [6.07, 6.45) is 0. The molecule has 0 aliphatic heterocycles. The van der Waals surface area contributed by atoms with Crippen LogP contribution in [0.3, 0.4) is 0 Å². The van der Waals surface area contributed by atoms with E-state index in [-0.39, 0.29) is 28.8 Å². The van der Waals surface area contributed by atoms with Gasteiger partial charge in [-0.3, -0.25) is 0 Å². The highest BCUT2D eigenvalue weighted by molar-refractivity contribution is 6.29. The van der Waals surface area contributed by atoms with E-state index in [0.29, 0.717) is 5.56 Å². The monoisotopic (exact) mass is 287 g/mol. The maximum absolute atomic E-state index is 13.6. The lowest BCUT2D eigenvalue weighted by Gasteiger charge is -2.07. The first-order valence-electron chi connectivity index (χ1n) is 5.51. The first-order valence-corrected chi connectivity index (χ1v) is 5.89. The van der Waals surface area contributed by atoms with Crippen LogP contribution in [0.15, 0.2) is 30.3 Å². The normalized spacial score (nSPS) is 9.60. The smallest absolute Gasteiger partial charge is 0.216 e. The van der Waals surface area contributed by atoms with Gasteiger partial charge in [-0.25, -0.2) is 9.37 Å². The van der Waals surface area contributed by atoms with Crippen LogP contribution in [-0.2, 0) is 6.61 Å². The predicted molar refractivity (Wildman–Crippen MR) is 69.4 cm³/mol. The minimum Gasteiger partial charge on any atom is -0.473 e. The van der Waals surface area contributed by atoms with E-state index in [1.807, 2.05) is 12.1 Å². The molecule has 4 nitrogen and oxygen atoms in total. The van der Waals surface area contributed by atoms with E-state index < -0.39 is 5.82 Å². The number of aromatic nitrogens is 1. The lowest BCUT2D eigenvalue weighted by atomic mass is 10.1. The van der Waals surface area contributed by atoms with Crippen LogP contribution in [0.5, 0.6) is 5.88 Å². The number of rotatable bonds is 3. The second kappa shape index (κ2) is 6.01. The molecule has 2 rings (SSSR count). The number of nitrogens with zero attached hydrogens (tertiary/aromatic N) is 3. The van der Waals surface area contributed by atoms with Gasteiger partial charge in [-0.2, -0.15) is 10.5 Å². The second-order valence-corrected chi connectivity index (χ2v) is 4.22. The van der Waals surface area contributed by atoms with Gasteiger partial charge in [0.25, 0.3) is 0 Å². The Hall–Kier alpha value is -2.63. The fourth-order valence-corrected chi connectivity index (χ4v) is 1.70. The zero-order chi connectivity index (χ0) is 14.5. The molecule has 0 atom stereocenters. The van der Waals surface area contributed by atoms with Gasteiger partial charge in [0.2, 0.25) is 5.88 Å². The van der Waals surface area contributed by atoms with Crippen LogP contribution in [0.25, 0.3) is 0 Å². The Morgan fingerprint density at radius 3 is 2.55 bits per heavy atom. The van der Waals surface area contributed by atoms with E-state index in [9.17, 15) is 4.39 Å². The van der Waals surface area contributed by atoms with Crippen LogP contribution >= 0.6 is 11.6 Å². The van der Waals surface area contributed by atoms with Gasteiger partial charge < -0.3 is 4.74 Å². The topological polar surface area (TPSA) is 69.7 Å². The van der Waals surface area contributed by atoms with E-state index in [0.717, 1.165) is 6.07 Å². The van der Waals surface area contributed by atoms with Crippen LogP contribution in [0.2, 0.25) is 5.15 Å². The van der Waals surface area contributed by atoms with Crippen LogP contribution < -0.4 is 4.74 Å². The maximum Gasteiger partial charge on any atom is 0.216 e. The molecule has 0 unspecified atom stereocenters. The van der Waals surface area contributed by atoms with Gasteiger partial charge in [0.15, 0.2) is 0 Å². The van der Waals surface area contributed by atoms with Crippen LogP contribution in [-0.4, -0.2) is 4.98 Å². The van der Waals surface area contributed by atoms with E-state index >= 15 is 0 Å². The Balaban J connectivity index is 2.15. The van der Waals surface area contributed by atoms with Crippen LogP contribution in [0.1, 0.15) is 16.7 Å². The van der Waals surface area contributed by atoms with Gasteiger partial charge in [0.1, 0.15) is 17.6 Å². The molecule has 0 saturated carbocycles. The Bertz CT molecular complexity index is 734. The molecule has 2 aromatic rings. The first kappa shape index (κ1) is 13.8. The predicted octanol–water partition coefficient (Wildman–Crippen LogP) is 3.20. The third kappa shape index (κ3) is 3.23. The highest BCUT2D eigenvalue weighted by atomic mass is 35.5. The van der Waals surface area contributed by atoms with Gasteiger partial charge in [-0.15, -0.1) is 0 Å². The highest BCUT2D eigenvalue weighted by Gasteiger charge is 2.07. The van der Waals surface area contributed by atoms with Crippen molar-refractivity contribution in [3.8, 4) is 18.0 Å². The fourth-order valence-electron chi connectivity index (χ4n) is 1.50. The Morgan fingerprint density at radius 2 is 1.90 bits per heavy atom. The number of halogens is 2. The third-order valence-corrected chi connectivity index (χ3v) is 2.65. The molecule has 0 aliphatic carbocycles. The molecule has 0 N–H and O–H groups in total. The van der Waals surface area contributed by atoms with Gasteiger partial charge in [0.05, 0.1) is 23.3 Å². The number of nitriles is 2. The van der Waals surface area contributed by atoms with Crippen molar-refractivity contribution in [3.63, 3.8) is 0 Å². The molecule has 98 valence electrons. The summed E-state index contributed by atoms with van der Waals surface area (Å²) in [6, 6.07) is 10.7. The van der Waals surface area contributed by atoms with E-state index in [2.05, 4.69) is 4.98 Å². The van der Waals surface area contributed by atoms with Crippen molar-refractivity contribution >= 4 is 11.6 Å². The molecule has 1 aromatic heterocycles. The first-order chi connectivity index (χ1) is 9.62. The molecule has 0 radical (unpaired) electrons. The number of ether oxygens (including phenoxy) is 1. The van der Waals surface area contributed by atoms with Crippen molar-refractivity contribution in [2.24, 2.45) is 0 Å². The van der Waals surface area contributed by atoms with Gasteiger partial charge in [-0.1, -0.05) is 17.7 Å². The van der Waals surface area contributed by atoms with E-state index in [1.165, 1.54) is 24.3 Å². The molecular weight excluding hydrogens is 281 g/mol. The summed E-state index contributed by atoms with van der Waals surface area (Å²) in [5, 5.41) is 17.6. The van der Waals surface area contributed by atoms with Crippen molar-refractivity contribution in [1.82, 2.24) is 4.98 Å². The zero-order valence-electron chi connectivity index (χ0n) is 10.1. The minimum atomic E-state index is -0.536. The van der Waals surface area contributed by atoms with Crippen LogP contribution in [0, 0.1) is 28.5 Å². The summed E-state index contributed by atoms with van der Waals surface area (Å²) < 4.78 is 18.9. The summed E-state index contributed by atoms with van der Waals surface area (Å²) in [5.74, 6) is -0.399. The zero-order valence-corrected chi connectivity index (χ0v) is 10.9. The molecule has 0 saturated heterocycles. The lowest BCUT2D eigenvalue weighted by Crippen LogP contribution is -2.00. The minimum absolute atomic E-state index is 0.0737. The van der Waals surface area contributed by atoms with Crippen molar-refractivity contribution < 1.29 is 9.13 Å². The summed E-state index contributed by atoms with van der Waals surface area (Å²) in [4.78, 5) is 3.88. The van der Waals surface area contributed by atoms with E-state index in [4.69, 9.17) is 26.9 Å². The maximum atomic E-state index is 13.6. The molecule has 0 fully saturated rings. The number of hydrogen-bond donors (Lipinski definition) is 0. The largest absolute Gasteiger partial charge is 0.473 e. The molecule has 0 aliphatic rings. The average molecular weight is 288 g/mol. The average Bonchev–Trinajstić information content (AvgIpc) is 2.45. The lowest BCUT2D eigenvalue weighted by molar-refractivity contribution is 0.288. The van der Waals surface area contributed by atoms with Gasteiger partial charge in [0, 0.05) is 11.6 Å². The van der Waals surface area contributed by atoms with Crippen molar-refractivity contribution in [1.29, 1.82) is 10.5 Å². The summed E-state index contributed by atoms with van der Waals surface area (Å²) in [6.45, 7) is -0.0737. The third-order valence-electron chi connectivity index (χ3n) is 2.46. The number of pyridine rings is 1. The standard InChI is InChI=1S/C14H7ClFN3O/c15-13-4-10(7-18)5-14(19-13)20-8-11-2-1-9(6-17)3-12(11)16/h1-5H,8H2. The molecule has 0 amide bonds. The van der Waals surface area contributed by atoms with Gasteiger partial charge in [-0.05, 0) is 18.2 Å². The molecule has 1 heterocycles. The highest BCUT2D eigenvalue weighted by Crippen LogP contribution is 2.18. The van der Waals surface area contributed by atoms with Crippen molar-refractivity contribution in [2.75, 3.05) is 0 Å². The second-order valence-electron chi connectivity index (χ2n) is 3.84. The Morgan fingerprint density at radius 1 is 1.15 bits per heavy atom. The SMILES string of the molecule is N#Cc1cc(Cl)nc(OCc2ccc(C#N)cc2F)c1. The molecule has 20 heavy (non-hydrogen) atoms. The quantitative estimate of drug-likeness (QED) is 0.813. The summed E-state index contributed by atoms with van der Waals surface area (Å²) >= 11 is 5.73. The van der Waals surface area contributed by atoms with Crippen molar-refractivity contribution in [3.05, 3.63) is 58.0 Å². The number of hydrogen-bond acceptors (Lipinski definition) is 4. The van der Waals surface area contributed by atoms with Crippen molar-refractivity contribution in [2.45, 2.75) is 6.61 Å². The number of benzene rings is 1. The molecule has 0 spiro atoms. The van der Waals surface area contributed by atoms with Crippen LogP contribution in [0.4, 0.5) is 4.39 Å². The molecule has 6 heteroatoms. The molecular formula is C14H7ClFN3O. The van der Waals surface area contributed by atoms with Gasteiger partial charge >= 0.3 is 0 Å². The fraction of sp³-hybridized carbons (Fsp3) is 0.0714.